The zero-order valence-corrected chi connectivity index (χ0v) is 21.0. The number of allylic oxidation sites excluding steroid dienone is 1. The van der Waals surface area contributed by atoms with Crippen molar-refractivity contribution in [2.45, 2.75) is 13.3 Å². The quantitative estimate of drug-likeness (QED) is 0.297. The van der Waals surface area contributed by atoms with Gasteiger partial charge in [0.2, 0.25) is 0 Å². The molecule has 0 saturated carbocycles. The normalized spacial score (nSPS) is 15.2. The van der Waals surface area contributed by atoms with E-state index in [-0.39, 0.29) is 0 Å². The van der Waals surface area contributed by atoms with Gasteiger partial charge in [-0.1, -0.05) is 61.5 Å². The standard InChI is InChI=1S/C32H32N4/c1-3-24(21-23-7-5-4-6-8-23)28-15-16-33-32-31(28)29-22-26(11-14-30(29)34-32)25-9-12-27(13-10-25)36-19-17-35(2)18-20-36/h4-16,21-22H,3,17-20H2,1-2H3,(H,33,34)/b24-21-. The summed E-state index contributed by atoms with van der Waals surface area (Å²) in [5.74, 6) is 0. The lowest BCUT2D eigenvalue weighted by molar-refractivity contribution is 0.313. The molecule has 5 aromatic rings. The van der Waals surface area contributed by atoms with Crippen molar-refractivity contribution < 1.29 is 0 Å². The predicted molar refractivity (Wildman–Crippen MR) is 153 cm³/mol. The van der Waals surface area contributed by atoms with Crippen LogP contribution in [0.5, 0.6) is 0 Å². The molecule has 3 aromatic carbocycles. The third-order valence-electron chi connectivity index (χ3n) is 7.43. The Bertz CT molecular complexity index is 1520. The van der Waals surface area contributed by atoms with E-state index in [1.54, 1.807) is 0 Å². The molecule has 3 heterocycles. The van der Waals surface area contributed by atoms with Gasteiger partial charge in [-0.15, -0.1) is 0 Å². The number of rotatable bonds is 5. The molecule has 1 aliphatic rings. The number of anilines is 1. The van der Waals surface area contributed by atoms with Crippen molar-refractivity contribution in [1.82, 2.24) is 14.9 Å². The number of nitrogens with zero attached hydrogens (tertiary/aromatic N) is 3. The Labute approximate surface area is 212 Å². The first-order chi connectivity index (χ1) is 17.7. The van der Waals surface area contributed by atoms with Gasteiger partial charge in [0.05, 0.1) is 0 Å². The van der Waals surface area contributed by atoms with Crippen LogP contribution in [0.2, 0.25) is 0 Å². The molecule has 0 spiro atoms. The minimum atomic E-state index is 0.942. The van der Waals surface area contributed by atoms with Gasteiger partial charge < -0.3 is 14.8 Å². The third-order valence-corrected chi connectivity index (χ3v) is 7.43. The van der Waals surface area contributed by atoms with Crippen molar-refractivity contribution in [3.63, 3.8) is 0 Å². The summed E-state index contributed by atoms with van der Waals surface area (Å²) in [6.45, 7) is 6.64. The number of aromatic nitrogens is 2. The lowest BCUT2D eigenvalue weighted by Crippen LogP contribution is -2.44. The first kappa shape index (κ1) is 22.6. The molecule has 4 heteroatoms. The van der Waals surface area contributed by atoms with Gasteiger partial charge in [-0.05, 0) is 71.6 Å². The first-order valence-corrected chi connectivity index (χ1v) is 12.9. The lowest BCUT2D eigenvalue weighted by Gasteiger charge is -2.34. The van der Waals surface area contributed by atoms with E-state index < -0.39 is 0 Å². The molecular formula is C32H32N4. The molecule has 6 rings (SSSR count). The highest BCUT2D eigenvalue weighted by Crippen LogP contribution is 2.35. The van der Waals surface area contributed by atoms with Gasteiger partial charge in [0.15, 0.2) is 0 Å². The Morgan fingerprint density at radius 2 is 1.64 bits per heavy atom. The Morgan fingerprint density at radius 1 is 0.889 bits per heavy atom. The summed E-state index contributed by atoms with van der Waals surface area (Å²) in [7, 11) is 2.20. The predicted octanol–water partition coefficient (Wildman–Crippen LogP) is 7.09. The summed E-state index contributed by atoms with van der Waals surface area (Å²) in [5.41, 5.74) is 9.63. The van der Waals surface area contributed by atoms with Crippen molar-refractivity contribution in [2.24, 2.45) is 0 Å². The maximum absolute atomic E-state index is 4.68. The Morgan fingerprint density at radius 3 is 2.39 bits per heavy atom. The van der Waals surface area contributed by atoms with E-state index in [2.05, 4.69) is 119 Å². The minimum Gasteiger partial charge on any atom is -0.369 e. The molecule has 0 radical (unpaired) electrons. The molecule has 180 valence electrons. The minimum absolute atomic E-state index is 0.942. The van der Waals surface area contributed by atoms with E-state index in [1.165, 1.54) is 44.3 Å². The molecule has 36 heavy (non-hydrogen) atoms. The summed E-state index contributed by atoms with van der Waals surface area (Å²) >= 11 is 0. The maximum atomic E-state index is 4.68. The number of hydrogen-bond donors (Lipinski definition) is 1. The highest BCUT2D eigenvalue weighted by atomic mass is 15.2. The number of hydrogen-bond acceptors (Lipinski definition) is 3. The van der Waals surface area contributed by atoms with Gasteiger partial charge in [0.1, 0.15) is 5.65 Å². The molecule has 0 aliphatic carbocycles. The summed E-state index contributed by atoms with van der Waals surface area (Å²) in [5, 5.41) is 2.42. The summed E-state index contributed by atoms with van der Waals surface area (Å²) in [4.78, 5) is 13.1. The van der Waals surface area contributed by atoms with Gasteiger partial charge in [0.25, 0.3) is 0 Å². The smallest absolute Gasteiger partial charge is 0.138 e. The first-order valence-electron chi connectivity index (χ1n) is 12.9. The number of fused-ring (bicyclic) bond motifs is 3. The fourth-order valence-corrected chi connectivity index (χ4v) is 5.31. The van der Waals surface area contributed by atoms with Crippen molar-refractivity contribution in [3.8, 4) is 11.1 Å². The fraction of sp³-hybridized carbons (Fsp3) is 0.219. The largest absolute Gasteiger partial charge is 0.369 e. The van der Waals surface area contributed by atoms with E-state index >= 15 is 0 Å². The van der Waals surface area contributed by atoms with Crippen LogP contribution in [-0.4, -0.2) is 48.1 Å². The van der Waals surface area contributed by atoms with E-state index in [0.717, 1.165) is 43.8 Å². The maximum Gasteiger partial charge on any atom is 0.138 e. The molecule has 1 saturated heterocycles. The van der Waals surface area contributed by atoms with Crippen LogP contribution < -0.4 is 4.90 Å². The van der Waals surface area contributed by atoms with Gasteiger partial charge >= 0.3 is 0 Å². The van der Waals surface area contributed by atoms with Crippen LogP contribution in [0.15, 0.2) is 85.1 Å². The molecular weight excluding hydrogens is 440 g/mol. The second-order valence-corrected chi connectivity index (χ2v) is 9.74. The molecule has 1 N–H and O–H groups in total. The SMILES string of the molecule is CC/C(=C/c1ccccc1)c1ccnc2[nH]c3ccc(-c4ccc(N5CCN(C)CC5)cc4)cc3c12. The van der Waals surface area contributed by atoms with Crippen LogP contribution in [0.1, 0.15) is 24.5 Å². The lowest BCUT2D eigenvalue weighted by atomic mass is 9.96. The van der Waals surface area contributed by atoms with Crippen LogP contribution >= 0.6 is 0 Å². The monoisotopic (exact) mass is 472 g/mol. The second-order valence-electron chi connectivity index (χ2n) is 9.74. The van der Waals surface area contributed by atoms with E-state index in [0.29, 0.717) is 0 Å². The summed E-state index contributed by atoms with van der Waals surface area (Å²) in [6, 6.07) is 28.5. The number of piperazine rings is 1. The van der Waals surface area contributed by atoms with E-state index in [9.17, 15) is 0 Å². The second kappa shape index (κ2) is 9.63. The van der Waals surface area contributed by atoms with Gasteiger partial charge in [-0.2, -0.15) is 0 Å². The number of pyridine rings is 1. The number of aromatic amines is 1. The highest BCUT2D eigenvalue weighted by molar-refractivity contribution is 6.12. The zero-order chi connectivity index (χ0) is 24.5. The van der Waals surface area contributed by atoms with E-state index in [1.807, 2.05) is 6.20 Å². The number of likely N-dealkylation sites (N-methyl/N-ethyl adjacent to an activating group) is 1. The van der Waals surface area contributed by atoms with Crippen LogP contribution in [0.4, 0.5) is 5.69 Å². The van der Waals surface area contributed by atoms with Crippen LogP contribution in [0.3, 0.4) is 0 Å². The third kappa shape index (κ3) is 4.29. The van der Waals surface area contributed by atoms with Gasteiger partial charge in [0, 0.05) is 54.4 Å². The Kier molecular flexibility index (Phi) is 6.04. The molecule has 0 atom stereocenters. The Balaban J connectivity index is 1.40. The summed E-state index contributed by atoms with van der Waals surface area (Å²) in [6.07, 6.45) is 5.17. The van der Waals surface area contributed by atoms with Crippen molar-refractivity contribution >= 4 is 39.3 Å². The average Bonchev–Trinajstić information content (AvgIpc) is 3.31. The van der Waals surface area contributed by atoms with Crippen molar-refractivity contribution in [2.75, 3.05) is 38.1 Å². The average molecular weight is 473 g/mol. The number of benzene rings is 3. The van der Waals surface area contributed by atoms with Crippen molar-refractivity contribution in [1.29, 1.82) is 0 Å². The molecule has 4 nitrogen and oxygen atoms in total. The van der Waals surface area contributed by atoms with Crippen molar-refractivity contribution in [3.05, 3.63) is 96.2 Å². The topological polar surface area (TPSA) is 35.2 Å². The molecule has 1 aliphatic heterocycles. The highest BCUT2D eigenvalue weighted by Gasteiger charge is 2.16. The molecule has 0 bridgehead atoms. The number of H-pyrrole nitrogens is 1. The fourth-order valence-electron chi connectivity index (χ4n) is 5.31. The van der Waals surface area contributed by atoms with Gasteiger partial charge in [-0.25, -0.2) is 4.98 Å². The molecule has 2 aromatic heterocycles. The van der Waals surface area contributed by atoms with Crippen LogP contribution in [0.25, 0.3) is 44.7 Å². The van der Waals surface area contributed by atoms with Crippen LogP contribution in [0, 0.1) is 0 Å². The molecule has 0 unspecified atom stereocenters. The van der Waals surface area contributed by atoms with Gasteiger partial charge in [-0.3, -0.25) is 0 Å². The molecule has 0 amide bonds. The Hall–Kier alpha value is -3.89. The van der Waals surface area contributed by atoms with E-state index in [4.69, 9.17) is 0 Å². The number of nitrogens with one attached hydrogen (secondary N) is 1. The van der Waals surface area contributed by atoms with Crippen LogP contribution in [-0.2, 0) is 0 Å². The zero-order valence-electron chi connectivity index (χ0n) is 21.0. The molecule has 1 fully saturated rings. The summed E-state index contributed by atoms with van der Waals surface area (Å²) < 4.78 is 0.